The molecule has 0 aliphatic heterocycles. The van der Waals surface area contributed by atoms with Crippen LogP contribution in [-0.4, -0.2) is 40.2 Å². The van der Waals surface area contributed by atoms with Crippen molar-refractivity contribution in [3.8, 4) is 5.75 Å². The van der Waals surface area contributed by atoms with Crippen molar-refractivity contribution in [2.24, 2.45) is 0 Å². The Hall–Kier alpha value is -1.92. The summed E-state index contributed by atoms with van der Waals surface area (Å²) < 4.78 is 0. The highest BCUT2D eigenvalue weighted by Gasteiger charge is 2.19. The van der Waals surface area contributed by atoms with E-state index in [9.17, 15) is 24.9 Å². The van der Waals surface area contributed by atoms with Crippen LogP contribution in [0.2, 0.25) is 0 Å². The predicted octanol–water partition coefficient (Wildman–Crippen LogP) is -0.265. The van der Waals surface area contributed by atoms with Gasteiger partial charge in [-0.05, 0) is 17.7 Å². The molecule has 2 unspecified atom stereocenters. The summed E-state index contributed by atoms with van der Waals surface area (Å²) in [5.41, 5.74) is 0.359. The van der Waals surface area contributed by atoms with Gasteiger partial charge in [-0.1, -0.05) is 6.07 Å². The van der Waals surface area contributed by atoms with Crippen molar-refractivity contribution < 1.29 is 24.9 Å². The molecule has 1 rings (SSSR count). The molecule has 1 amide bonds. The third kappa shape index (κ3) is 3.54. The van der Waals surface area contributed by atoms with Crippen molar-refractivity contribution in [1.82, 2.24) is 5.32 Å². The van der Waals surface area contributed by atoms with E-state index in [2.05, 4.69) is 5.32 Å². The number of phenols is 1. The molecule has 0 fully saturated rings. The summed E-state index contributed by atoms with van der Waals surface area (Å²) in [6.45, 7) is 1.19. The lowest BCUT2D eigenvalue weighted by atomic mass is 10.0. The van der Waals surface area contributed by atoms with Gasteiger partial charge >= 0.3 is 0 Å². The van der Waals surface area contributed by atoms with Gasteiger partial charge in [0.2, 0.25) is 5.91 Å². The molecule has 0 radical (unpaired) electrons. The minimum atomic E-state index is -1.26. The second kappa shape index (κ2) is 6.13. The Morgan fingerprint density at radius 2 is 2.11 bits per heavy atom. The van der Waals surface area contributed by atoms with Crippen LogP contribution in [0.1, 0.15) is 28.9 Å². The average Bonchev–Trinajstić information content (AvgIpc) is 2.34. The van der Waals surface area contributed by atoms with E-state index in [1.807, 2.05) is 0 Å². The van der Waals surface area contributed by atoms with Crippen LogP contribution in [0, 0.1) is 0 Å². The van der Waals surface area contributed by atoms with Gasteiger partial charge in [-0.15, -0.1) is 0 Å². The standard InChI is InChI=1S/C12H15NO5/c1-7(15)13-5-11(17)12(18)8-2-3-9(6-14)10(16)4-8/h2-4,6,11-12,16-18H,5H2,1H3,(H,13,15). The first-order valence-corrected chi connectivity index (χ1v) is 5.34. The van der Waals surface area contributed by atoms with Crippen molar-refractivity contribution in [2.75, 3.05) is 6.54 Å². The Morgan fingerprint density at radius 1 is 1.44 bits per heavy atom. The van der Waals surface area contributed by atoms with Gasteiger partial charge in [0.25, 0.3) is 0 Å². The van der Waals surface area contributed by atoms with E-state index in [-0.39, 0.29) is 29.3 Å². The molecule has 0 aliphatic rings. The number of aliphatic hydroxyl groups is 2. The van der Waals surface area contributed by atoms with E-state index in [4.69, 9.17) is 0 Å². The van der Waals surface area contributed by atoms with Gasteiger partial charge in [0.1, 0.15) is 18.0 Å². The summed E-state index contributed by atoms with van der Waals surface area (Å²) >= 11 is 0. The topological polar surface area (TPSA) is 107 Å². The zero-order valence-electron chi connectivity index (χ0n) is 9.83. The summed E-state index contributed by atoms with van der Waals surface area (Å²) in [6, 6.07) is 3.96. The van der Waals surface area contributed by atoms with Crippen LogP contribution in [0.5, 0.6) is 5.75 Å². The molecule has 0 bridgehead atoms. The highest BCUT2D eigenvalue weighted by molar-refractivity contribution is 5.79. The van der Waals surface area contributed by atoms with Gasteiger partial charge in [-0.2, -0.15) is 0 Å². The molecule has 18 heavy (non-hydrogen) atoms. The molecule has 0 saturated carbocycles. The fraction of sp³-hybridized carbons (Fsp3) is 0.333. The Labute approximate surface area is 104 Å². The smallest absolute Gasteiger partial charge is 0.216 e. The molecule has 98 valence electrons. The monoisotopic (exact) mass is 253 g/mol. The lowest BCUT2D eigenvalue weighted by Gasteiger charge is -2.18. The fourth-order valence-corrected chi connectivity index (χ4v) is 1.43. The largest absolute Gasteiger partial charge is 0.507 e. The maximum atomic E-state index is 10.7. The molecule has 4 N–H and O–H groups in total. The third-order valence-corrected chi connectivity index (χ3v) is 2.45. The summed E-state index contributed by atoms with van der Waals surface area (Å²) in [6.07, 6.45) is -1.97. The number of carbonyl (C=O) groups is 2. The summed E-state index contributed by atoms with van der Waals surface area (Å²) in [5, 5.41) is 31.2. The number of rotatable bonds is 5. The quantitative estimate of drug-likeness (QED) is 0.541. The Balaban J connectivity index is 2.76. The number of aldehydes is 1. The average molecular weight is 253 g/mol. The van der Waals surface area contributed by atoms with Crippen LogP contribution < -0.4 is 5.32 Å². The first-order chi connectivity index (χ1) is 8.45. The SMILES string of the molecule is CC(=O)NCC(O)C(O)c1ccc(C=O)c(O)c1. The van der Waals surface area contributed by atoms with Gasteiger partial charge in [0.15, 0.2) is 6.29 Å². The first-order valence-electron chi connectivity index (χ1n) is 5.34. The van der Waals surface area contributed by atoms with Crippen molar-refractivity contribution in [2.45, 2.75) is 19.1 Å². The number of hydrogen-bond donors (Lipinski definition) is 4. The maximum Gasteiger partial charge on any atom is 0.216 e. The van der Waals surface area contributed by atoms with Gasteiger partial charge < -0.3 is 20.6 Å². The molecule has 0 saturated heterocycles. The number of nitrogens with one attached hydrogen (secondary N) is 1. The molecule has 1 aromatic rings. The summed E-state index contributed by atoms with van der Waals surface area (Å²) in [7, 11) is 0. The van der Waals surface area contributed by atoms with E-state index >= 15 is 0 Å². The van der Waals surface area contributed by atoms with E-state index in [0.717, 1.165) is 0 Å². The van der Waals surface area contributed by atoms with Crippen molar-refractivity contribution in [3.63, 3.8) is 0 Å². The number of amides is 1. The number of phenolic OH excluding ortho intramolecular Hbond substituents is 1. The molecule has 1 aromatic carbocycles. The summed E-state index contributed by atoms with van der Waals surface area (Å²) in [4.78, 5) is 21.2. The minimum absolute atomic E-state index is 0.0994. The zero-order chi connectivity index (χ0) is 13.7. The van der Waals surface area contributed by atoms with Gasteiger partial charge in [-0.25, -0.2) is 0 Å². The molecular weight excluding hydrogens is 238 g/mol. The molecule has 0 spiro atoms. The highest BCUT2D eigenvalue weighted by Crippen LogP contribution is 2.23. The lowest BCUT2D eigenvalue weighted by molar-refractivity contribution is -0.119. The normalized spacial score (nSPS) is 13.7. The van der Waals surface area contributed by atoms with Crippen molar-refractivity contribution >= 4 is 12.2 Å². The van der Waals surface area contributed by atoms with Crippen LogP contribution in [0.4, 0.5) is 0 Å². The van der Waals surface area contributed by atoms with E-state index < -0.39 is 12.2 Å². The van der Waals surface area contributed by atoms with Crippen LogP contribution in [0.15, 0.2) is 18.2 Å². The minimum Gasteiger partial charge on any atom is -0.507 e. The van der Waals surface area contributed by atoms with Crippen molar-refractivity contribution in [1.29, 1.82) is 0 Å². The molecule has 6 nitrogen and oxygen atoms in total. The third-order valence-electron chi connectivity index (χ3n) is 2.45. The summed E-state index contributed by atoms with van der Waals surface area (Å²) in [5.74, 6) is -0.589. The Morgan fingerprint density at radius 3 is 2.61 bits per heavy atom. The second-order valence-electron chi connectivity index (χ2n) is 3.89. The van der Waals surface area contributed by atoms with Gasteiger partial charge in [0, 0.05) is 13.5 Å². The highest BCUT2D eigenvalue weighted by atomic mass is 16.3. The van der Waals surface area contributed by atoms with E-state index in [1.165, 1.54) is 25.1 Å². The first kappa shape index (κ1) is 14.1. The van der Waals surface area contributed by atoms with Crippen molar-refractivity contribution in [3.05, 3.63) is 29.3 Å². The van der Waals surface area contributed by atoms with Gasteiger partial charge in [0.05, 0.1) is 5.56 Å². The Bertz CT molecular complexity index is 446. The lowest BCUT2D eigenvalue weighted by Crippen LogP contribution is -2.34. The van der Waals surface area contributed by atoms with Crippen LogP contribution in [0.3, 0.4) is 0 Å². The number of carbonyl (C=O) groups excluding carboxylic acids is 2. The maximum absolute atomic E-state index is 10.7. The predicted molar refractivity (Wildman–Crippen MR) is 63.1 cm³/mol. The number of hydrogen-bond acceptors (Lipinski definition) is 5. The van der Waals surface area contributed by atoms with E-state index in [1.54, 1.807) is 0 Å². The van der Waals surface area contributed by atoms with Crippen LogP contribution >= 0.6 is 0 Å². The second-order valence-corrected chi connectivity index (χ2v) is 3.89. The molecule has 0 aliphatic carbocycles. The molecular formula is C12H15NO5. The molecule has 2 atom stereocenters. The van der Waals surface area contributed by atoms with E-state index in [0.29, 0.717) is 6.29 Å². The number of aliphatic hydroxyl groups excluding tert-OH is 2. The zero-order valence-corrected chi connectivity index (χ0v) is 9.83. The molecule has 6 heteroatoms. The number of benzene rings is 1. The molecule has 0 aromatic heterocycles. The number of aromatic hydroxyl groups is 1. The van der Waals surface area contributed by atoms with Gasteiger partial charge in [-0.3, -0.25) is 9.59 Å². The Kier molecular flexibility index (Phi) is 4.82. The van der Waals surface area contributed by atoms with Crippen LogP contribution in [-0.2, 0) is 4.79 Å². The fourth-order valence-electron chi connectivity index (χ4n) is 1.43. The van der Waals surface area contributed by atoms with Crippen LogP contribution in [0.25, 0.3) is 0 Å². The molecule has 0 heterocycles.